The SMILES string of the molecule is CC(=Nc1cc(C)ccc1O[Si](C)(C)C)c1ncccn1. The summed E-state index contributed by atoms with van der Waals surface area (Å²) in [7, 11) is -1.68. The molecule has 0 atom stereocenters. The van der Waals surface area contributed by atoms with Gasteiger partial charge in [-0.25, -0.2) is 15.0 Å². The van der Waals surface area contributed by atoms with E-state index in [9.17, 15) is 0 Å². The van der Waals surface area contributed by atoms with Gasteiger partial charge in [0.1, 0.15) is 11.4 Å². The number of nitrogens with zero attached hydrogens (tertiary/aromatic N) is 3. The number of hydrogen-bond acceptors (Lipinski definition) is 4. The monoisotopic (exact) mass is 299 g/mol. The predicted octanol–water partition coefficient (Wildman–Crippen LogP) is 4.14. The lowest BCUT2D eigenvalue weighted by molar-refractivity contribution is 0.559. The fourth-order valence-electron chi connectivity index (χ4n) is 1.85. The maximum atomic E-state index is 6.12. The molecule has 2 aromatic rings. The third-order valence-corrected chi connectivity index (χ3v) is 3.54. The molecule has 0 aliphatic heterocycles. The standard InChI is InChI=1S/C16H21N3OSi/c1-12-7-8-15(20-21(3,4)5)14(11-12)19-13(2)16-17-9-6-10-18-16/h6-11H,1-5H3. The van der Waals surface area contributed by atoms with Crippen LogP contribution in [0.1, 0.15) is 18.3 Å². The molecule has 0 radical (unpaired) electrons. The Morgan fingerprint density at radius 2 is 1.81 bits per heavy atom. The minimum Gasteiger partial charge on any atom is -0.543 e. The molecule has 5 heteroatoms. The van der Waals surface area contributed by atoms with E-state index in [2.05, 4.69) is 34.6 Å². The summed E-state index contributed by atoms with van der Waals surface area (Å²) in [6, 6.07) is 7.86. The Hall–Kier alpha value is -2.01. The zero-order chi connectivity index (χ0) is 15.5. The Balaban J connectivity index is 2.41. The second kappa shape index (κ2) is 6.18. The average molecular weight is 299 g/mol. The van der Waals surface area contributed by atoms with Gasteiger partial charge in [0.2, 0.25) is 8.32 Å². The van der Waals surface area contributed by atoms with Crippen LogP contribution in [0.4, 0.5) is 5.69 Å². The van der Waals surface area contributed by atoms with E-state index >= 15 is 0 Å². The first-order valence-electron chi connectivity index (χ1n) is 6.97. The molecule has 21 heavy (non-hydrogen) atoms. The molecule has 0 amide bonds. The molecular formula is C16H21N3OSi. The van der Waals surface area contributed by atoms with Crippen LogP contribution in [-0.2, 0) is 0 Å². The summed E-state index contributed by atoms with van der Waals surface area (Å²) in [5.41, 5.74) is 2.77. The topological polar surface area (TPSA) is 47.4 Å². The normalized spacial score (nSPS) is 12.3. The Labute approximate surface area is 127 Å². The number of aliphatic imine (C=N–C) groups is 1. The van der Waals surface area contributed by atoms with Crippen molar-refractivity contribution in [1.29, 1.82) is 0 Å². The molecule has 0 fully saturated rings. The second-order valence-corrected chi connectivity index (χ2v) is 10.4. The first-order chi connectivity index (χ1) is 9.85. The number of aryl methyl sites for hydroxylation is 1. The lowest BCUT2D eigenvalue weighted by Crippen LogP contribution is -2.29. The summed E-state index contributed by atoms with van der Waals surface area (Å²) >= 11 is 0. The van der Waals surface area contributed by atoms with Gasteiger partial charge >= 0.3 is 0 Å². The van der Waals surface area contributed by atoms with Gasteiger partial charge < -0.3 is 4.43 Å². The van der Waals surface area contributed by atoms with Gasteiger partial charge in [-0.05, 0) is 57.3 Å². The van der Waals surface area contributed by atoms with Crippen molar-refractivity contribution < 1.29 is 4.43 Å². The van der Waals surface area contributed by atoms with Crippen LogP contribution in [-0.4, -0.2) is 24.0 Å². The number of rotatable bonds is 4. The average Bonchev–Trinajstić information content (AvgIpc) is 2.41. The Morgan fingerprint density at radius 3 is 2.43 bits per heavy atom. The van der Waals surface area contributed by atoms with Crippen molar-refractivity contribution in [3.8, 4) is 5.75 Å². The van der Waals surface area contributed by atoms with E-state index in [1.54, 1.807) is 18.5 Å². The van der Waals surface area contributed by atoms with Crippen LogP contribution in [0.5, 0.6) is 5.75 Å². The van der Waals surface area contributed by atoms with E-state index in [-0.39, 0.29) is 0 Å². The van der Waals surface area contributed by atoms with Crippen molar-refractivity contribution >= 4 is 19.7 Å². The van der Waals surface area contributed by atoms with Crippen molar-refractivity contribution in [2.24, 2.45) is 4.99 Å². The van der Waals surface area contributed by atoms with Crippen LogP contribution in [0, 0.1) is 6.92 Å². The van der Waals surface area contributed by atoms with Crippen LogP contribution in [0.3, 0.4) is 0 Å². The molecule has 1 aromatic carbocycles. The fourth-order valence-corrected chi connectivity index (χ4v) is 2.68. The van der Waals surface area contributed by atoms with Crippen molar-refractivity contribution in [2.75, 3.05) is 0 Å². The van der Waals surface area contributed by atoms with Crippen molar-refractivity contribution in [1.82, 2.24) is 9.97 Å². The molecule has 0 saturated carbocycles. The molecule has 2 rings (SSSR count). The minimum absolute atomic E-state index is 0.637. The highest BCUT2D eigenvalue weighted by Crippen LogP contribution is 2.31. The molecule has 1 aromatic heterocycles. The maximum Gasteiger partial charge on any atom is 0.242 e. The molecule has 0 saturated heterocycles. The van der Waals surface area contributed by atoms with Gasteiger partial charge in [-0.15, -0.1) is 0 Å². The summed E-state index contributed by atoms with van der Waals surface area (Å²) in [6.45, 7) is 10.4. The molecule has 0 aliphatic carbocycles. The summed E-state index contributed by atoms with van der Waals surface area (Å²) in [4.78, 5) is 13.1. The molecule has 110 valence electrons. The van der Waals surface area contributed by atoms with Gasteiger partial charge in [0.25, 0.3) is 0 Å². The lowest BCUT2D eigenvalue weighted by atomic mass is 10.2. The van der Waals surface area contributed by atoms with Crippen molar-refractivity contribution in [3.63, 3.8) is 0 Å². The molecule has 0 N–H and O–H groups in total. The highest BCUT2D eigenvalue weighted by Gasteiger charge is 2.18. The Kier molecular flexibility index (Phi) is 4.52. The van der Waals surface area contributed by atoms with Crippen LogP contribution in [0.25, 0.3) is 0 Å². The molecule has 0 spiro atoms. The lowest BCUT2D eigenvalue weighted by Gasteiger charge is -2.20. The van der Waals surface area contributed by atoms with Gasteiger partial charge in [-0.2, -0.15) is 0 Å². The van der Waals surface area contributed by atoms with Crippen LogP contribution >= 0.6 is 0 Å². The van der Waals surface area contributed by atoms with Gasteiger partial charge in [0.15, 0.2) is 5.82 Å². The van der Waals surface area contributed by atoms with E-state index in [0.717, 1.165) is 22.7 Å². The highest BCUT2D eigenvalue weighted by molar-refractivity contribution is 6.70. The van der Waals surface area contributed by atoms with Crippen LogP contribution in [0.15, 0.2) is 41.7 Å². The van der Waals surface area contributed by atoms with Crippen molar-refractivity contribution in [2.45, 2.75) is 33.5 Å². The minimum atomic E-state index is -1.68. The Bertz CT molecular complexity index is 648. The third-order valence-electron chi connectivity index (χ3n) is 2.71. The van der Waals surface area contributed by atoms with Gasteiger partial charge in [0, 0.05) is 12.4 Å². The third kappa shape index (κ3) is 4.49. The summed E-state index contributed by atoms with van der Waals surface area (Å²) in [6.07, 6.45) is 3.44. The van der Waals surface area contributed by atoms with E-state index in [1.165, 1.54) is 0 Å². The number of aromatic nitrogens is 2. The summed E-state index contributed by atoms with van der Waals surface area (Å²) in [5, 5.41) is 0. The first kappa shape index (κ1) is 15.4. The zero-order valence-corrected chi connectivity index (χ0v) is 14.2. The predicted molar refractivity (Wildman–Crippen MR) is 89.1 cm³/mol. The van der Waals surface area contributed by atoms with Gasteiger partial charge in [-0.1, -0.05) is 6.07 Å². The van der Waals surface area contributed by atoms with Crippen molar-refractivity contribution in [3.05, 3.63) is 48.0 Å². The van der Waals surface area contributed by atoms with Crippen LogP contribution in [0.2, 0.25) is 19.6 Å². The first-order valence-corrected chi connectivity index (χ1v) is 10.4. The molecule has 1 heterocycles. The highest BCUT2D eigenvalue weighted by atomic mass is 28.4. The number of benzene rings is 1. The number of hydrogen-bond donors (Lipinski definition) is 0. The molecule has 4 nitrogen and oxygen atoms in total. The second-order valence-electron chi connectivity index (χ2n) is 5.96. The van der Waals surface area contributed by atoms with E-state index in [0.29, 0.717) is 5.82 Å². The quantitative estimate of drug-likeness (QED) is 0.629. The summed E-state index contributed by atoms with van der Waals surface area (Å²) < 4.78 is 6.12. The maximum absolute atomic E-state index is 6.12. The molecular weight excluding hydrogens is 278 g/mol. The van der Waals surface area contributed by atoms with Gasteiger partial charge in [-0.3, -0.25) is 0 Å². The zero-order valence-electron chi connectivity index (χ0n) is 13.2. The van der Waals surface area contributed by atoms with Crippen LogP contribution < -0.4 is 4.43 Å². The van der Waals surface area contributed by atoms with Gasteiger partial charge in [0.05, 0.1) is 5.71 Å². The Morgan fingerprint density at radius 1 is 1.14 bits per heavy atom. The van der Waals surface area contributed by atoms with E-state index in [4.69, 9.17) is 4.43 Å². The smallest absolute Gasteiger partial charge is 0.242 e. The van der Waals surface area contributed by atoms with E-state index < -0.39 is 8.32 Å². The largest absolute Gasteiger partial charge is 0.543 e. The molecule has 0 bridgehead atoms. The fraction of sp³-hybridized carbons (Fsp3) is 0.312. The van der Waals surface area contributed by atoms with E-state index in [1.807, 2.05) is 32.0 Å². The molecule has 0 unspecified atom stereocenters. The molecule has 0 aliphatic rings. The summed E-state index contributed by atoms with van der Waals surface area (Å²) in [5.74, 6) is 1.47.